The quantitative estimate of drug-likeness (QED) is 0.284. The van der Waals surface area contributed by atoms with Crippen molar-refractivity contribution < 1.29 is 23.9 Å². The molecule has 0 unspecified atom stereocenters. The van der Waals surface area contributed by atoms with Gasteiger partial charge in [0.2, 0.25) is 18.6 Å². The van der Waals surface area contributed by atoms with Crippen molar-refractivity contribution in [3.05, 3.63) is 77.4 Å². The average molecular weight is 556 g/mol. The Balaban J connectivity index is 1.66. The number of fused-ring (bicyclic) bond motifs is 2. The molecule has 5 rings (SSSR count). The number of amides is 2. The molecule has 0 fully saturated rings. The second-order valence-corrected chi connectivity index (χ2v) is 10.6. The zero-order valence-corrected chi connectivity index (χ0v) is 23.6. The van der Waals surface area contributed by atoms with Crippen LogP contribution in [0.5, 0.6) is 11.5 Å². The number of aromatic nitrogens is 3. The van der Waals surface area contributed by atoms with Gasteiger partial charge in [0.15, 0.2) is 17.3 Å². The highest BCUT2D eigenvalue weighted by Gasteiger charge is 2.36. The predicted octanol–water partition coefficient (Wildman–Crippen LogP) is 4.61. The highest BCUT2D eigenvalue weighted by atomic mass is 16.7. The third-order valence-corrected chi connectivity index (χ3v) is 7.02. The zero-order valence-electron chi connectivity index (χ0n) is 23.6. The largest absolute Gasteiger partial charge is 0.454 e. The van der Waals surface area contributed by atoms with Gasteiger partial charge in [-0.05, 0) is 49.9 Å². The predicted molar refractivity (Wildman–Crippen MR) is 154 cm³/mol. The maximum Gasteiger partial charge on any atom is 0.249 e. The number of nitrogens with one attached hydrogen (secondary N) is 1. The molecule has 1 N–H and O–H groups in total. The third kappa shape index (κ3) is 5.91. The lowest BCUT2D eigenvalue weighted by atomic mass is 9.99. The number of benzene rings is 3. The van der Waals surface area contributed by atoms with Crippen LogP contribution in [0.3, 0.4) is 0 Å². The highest BCUT2D eigenvalue weighted by molar-refractivity contribution is 6.08. The molecule has 0 bridgehead atoms. The first-order valence-corrected chi connectivity index (χ1v) is 13.6. The molecule has 1 atom stereocenters. The SMILES string of the molecule is CC(=O)c1cc2c(cc1N(C(=O)Cn1nnc3ccccc31)[C@@H](C(=O)NCCC(C)C)c1ccc(C)cc1)OCO2. The van der Waals surface area contributed by atoms with E-state index in [2.05, 4.69) is 29.5 Å². The molecule has 0 saturated heterocycles. The number of nitrogens with zero attached hydrogens (tertiary/aromatic N) is 4. The van der Waals surface area contributed by atoms with Gasteiger partial charge in [-0.3, -0.25) is 19.3 Å². The molecule has 4 aromatic rings. The lowest BCUT2D eigenvalue weighted by molar-refractivity contribution is -0.127. The summed E-state index contributed by atoms with van der Waals surface area (Å²) >= 11 is 0. The van der Waals surface area contributed by atoms with Crippen molar-refractivity contribution in [3.8, 4) is 11.5 Å². The van der Waals surface area contributed by atoms with E-state index in [0.29, 0.717) is 40.6 Å². The molecule has 0 radical (unpaired) electrons. The number of hydrogen-bond acceptors (Lipinski definition) is 7. The fraction of sp³-hybridized carbons (Fsp3) is 0.323. The Labute approximate surface area is 238 Å². The number of ketones is 1. The minimum absolute atomic E-state index is 0.00783. The molecule has 0 spiro atoms. The van der Waals surface area contributed by atoms with E-state index in [-0.39, 0.29) is 36.3 Å². The van der Waals surface area contributed by atoms with E-state index in [1.54, 1.807) is 12.1 Å². The van der Waals surface area contributed by atoms with Gasteiger partial charge < -0.3 is 14.8 Å². The van der Waals surface area contributed by atoms with Gasteiger partial charge >= 0.3 is 0 Å². The molecule has 0 saturated carbocycles. The first-order valence-electron chi connectivity index (χ1n) is 13.6. The Hall–Kier alpha value is -4.73. The Kier molecular flexibility index (Phi) is 8.00. The topological polar surface area (TPSA) is 116 Å². The lowest BCUT2D eigenvalue weighted by Gasteiger charge is -2.33. The van der Waals surface area contributed by atoms with E-state index in [0.717, 1.165) is 12.0 Å². The maximum absolute atomic E-state index is 14.4. The molecule has 212 valence electrons. The molecule has 1 aromatic heterocycles. The number of para-hydroxylation sites is 1. The number of aryl methyl sites for hydroxylation is 1. The molecule has 10 heteroatoms. The summed E-state index contributed by atoms with van der Waals surface area (Å²) in [5, 5.41) is 11.4. The van der Waals surface area contributed by atoms with E-state index < -0.39 is 11.9 Å². The van der Waals surface area contributed by atoms with Crippen molar-refractivity contribution in [1.29, 1.82) is 0 Å². The number of carbonyl (C=O) groups is 3. The summed E-state index contributed by atoms with van der Waals surface area (Å²) in [4.78, 5) is 42.7. The first-order chi connectivity index (χ1) is 19.7. The van der Waals surface area contributed by atoms with Crippen LogP contribution in [-0.2, 0) is 16.1 Å². The first kappa shape index (κ1) is 27.8. The molecule has 0 aliphatic carbocycles. The van der Waals surface area contributed by atoms with Crippen molar-refractivity contribution in [1.82, 2.24) is 20.3 Å². The number of ether oxygens (including phenoxy) is 2. The second-order valence-electron chi connectivity index (χ2n) is 10.6. The average Bonchev–Trinajstić information content (AvgIpc) is 3.58. The smallest absolute Gasteiger partial charge is 0.249 e. The molecular weight excluding hydrogens is 522 g/mol. The van der Waals surface area contributed by atoms with Gasteiger partial charge in [0.1, 0.15) is 18.1 Å². The Morgan fingerprint density at radius 2 is 1.73 bits per heavy atom. The fourth-order valence-electron chi connectivity index (χ4n) is 4.82. The minimum atomic E-state index is -1.08. The van der Waals surface area contributed by atoms with Crippen molar-refractivity contribution >= 4 is 34.3 Å². The van der Waals surface area contributed by atoms with E-state index in [1.807, 2.05) is 55.5 Å². The summed E-state index contributed by atoms with van der Waals surface area (Å²) < 4.78 is 12.6. The van der Waals surface area contributed by atoms with Crippen LogP contribution >= 0.6 is 0 Å². The van der Waals surface area contributed by atoms with Crippen LogP contribution in [-0.4, -0.2) is 45.9 Å². The van der Waals surface area contributed by atoms with Crippen LogP contribution in [0, 0.1) is 12.8 Å². The van der Waals surface area contributed by atoms with Gasteiger partial charge in [-0.1, -0.05) is 61.0 Å². The van der Waals surface area contributed by atoms with Crippen molar-refractivity contribution in [2.24, 2.45) is 5.92 Å². The summed E-state index contributed by atoms with van der Waals surface area (Å²) in [5.41, 5.74) is 3.40. The molecule has 3 aromatic carbocycles. The van der Waals surface area contributed by atoms with Crippen LogP contribution in [0.15, 0.2) is 60.7 Å². The van der Waals surface area contributed by atoms with Gasteiger partial charge in [-0.2, -0.15) is 0 Å². The summed E-state index contributed by atoms with van der Waals surface area (Å²) in [5.74, 6) is 0.0682. The molecule has 1 aliphatic rings. The molecule has 2 amide bonds. The lowest BCUT2D eigenvalue weighted by Crippen LogP contribution is -2.46. The monoisotopic (exact) mass is 555 g/mol. The van der Waals surface area contributed by atoms with Crippen LogP contribution in [0.4, 0.5) is 5.69 Å². The van der Waals surface area contributed by atoms with Crippen LogP contribution in [0.25, 0.3) is 11.0 Å². The Bertz CT molecular complexity index is 1590. The van der Waals surface area contributed by atoms with E-state index in [4.69, 9.17) is 9.47 Å². The van der Waals surface area contributed by atoms with Gasteiger partial charge in [-0.25, -0.2) is 4.68 Å². The van der Waals surface area contributed by atoms with Crippen LogP contribution in [0.2, 0.25) is 0 Å². The van der Waals surface area contributed by atoms with Gasteiger partial charge in [0, 0.05) is 18.2 Å². The standard InChI is InChI=1S/C31H33N5O5/c1-19(2)13-14-32-31(39)30(22-11-9-20(3)10-12-22)36(26-16-28-27(40-18-41-28)15-23(26)21(4)37)29(38)17-35-25-8-6-5-7-24(25)33-34-35/h5-12,15-16,19,30H,13-14,17-18H2,1-4H3,(H,32,39)/t30-/m1/s1. The number of carbonyl (C=O) groups excluding carboxylic acids is 3. The maximum atomic E-state index is 14.4. The van der Waals surface area contributed by atoms with Gasteiger partial charge in [0.25, 0.3) is 0 Å². The molecule has 1 aliphatic heterocycles. The van der Waals surface area contributed by atoms with Crippen LogP contribution in [0.1, 0.15) is 54.7 Å². The van der Waals surface area contributed by atoms with E-state index >= 15 is 0 Å². The van der Waals surface area contributed by atoms with Crippen molar-refractivity contribution in [2.75, 3.05) is 18.2 Å². The second kappa shape index (κ2) is 11.8. The summed E-state index contributed by atoms with van der Waals surface area (Å²) in [7, 11) is 0. The summed E-state index contributed by atoms with van der Waals surface area (Å²) in [6.07, 6.45) is 0.772. The Morgan fingerprint density at radius 1 is 1.02 bits per heavy atom. The normalized spacial score (nSPS) is 12.9. The summed E-state index contributed by atoms with van der Waals surface area (Å²) in [6, 6.07) is 16.8. The Morgan fingerprint density at radius 3 is 2.44 bits per heavy atom. The van der Waals surface area contributed by atoms with Crippen LogP contribution < -0.4 is 19.7 Å². The third-order valence-electron chi connectivity index (χ3n) is 7.02. The summed E-state index contributed by atoms with van der Waals surface area (Å²) in [6.45, 7) is 7.74. The zero-order chi connectivity index (χ0) is 29.1. The molecule has 41 heavy (non-hydrogen) atoms. The van der Waals surface area contributed by atoms with Crippen molar-refractivity contribution in [3.63, 3.8) is 0 Å². The molecule has 2 heterocycles. The number of anilines is 1. The number of Topliss-reactive ketones (excluding diaryl/α,β-unsaturated/α-hetero) is 1. The van der Waals surface area contributed by atoms with E-state index in [9.17, 15) is 14.4 Å². The van der Waals surface area contributed by atoms with Gasteiger partial charge in [0.05, 0.1) is 11.2 Å². The van der Waals surface area contributed by atoms with Crippen molar-refractivity contribution in [2.45, 2.75) is 46.7 Å². The highest BCUT2D eigenvalue weighted by Crippen LogP contribution is 2.41. The molecule has 10 nitrogen and oxygen atoms in total. The fourth-order valence-corrected chi connectivity index (χ4v) is 4.82. The minimum Gasteiger partial charge on any atom is -0.454 e. The van der Waals surface area contributed by atoms with Gasteiger partial charge in [-0.15, -0.1) is 5.10 Å². The number of rotatable bonds is 10. The molecular formula is C31H33N5O5. The number of hydrogen-bond donors (Lipinski definition) is 1. The van der Waals surface area contributed by atoms with E-state index in [1.165, 1.54) is 16.5 Å².